The number of pyridine rings is 2. The van der Waals surface area contributed by atoms with E-state index in [0.29, 0.717) is 5.56 Å². The van der Waals surface area contributed by atoms with Crippen molar-refractivity contribution < 1.29 is 0 Å². The number of anilines is 1. The van der Waals surface area contributed by atoms with Crippen LogP contribution >= 0.6 is 0 Å². The average Bonchev–Trinajstić information content (AvgIpc) is 2.40. The van der Waals surface area contributed by atoms with E-state index in [1.165, 1.54) is 0 Å². The lowest BCUT2D eigenvalue weighted by atomic mass is 10.2. The van der Waals surface area contributed by atoms with Crippen LogP contribution in [-0.4, -0.2) is 22.9 Å². The second-order valence-corrected chi connectivity index (χ2v) is 4.03. The molecule has 2 heterocycles. The summed E-state index contributed by atoms with van der Waals surface area (Å²) >= 11 is 0. The second-order valence-electron chi connectivity index (χ2n) is 4.03. The Bertz CT molecular complexity index is 538. The van der Waals surface area contributed by atoms with Crippen LogP contribution in [0.1, 0.15) is 11.1 Å². The lowest BCUT2D eigenvalue weighted by Gasteiger charge is -2.18. The van der Waals surface area contributed by atoms with Gasteiger partial charge in [0.15, 0.2) is 0 Å². The highest BCUT2D eigenvalue weighted by molar-refractivity contribution is 5.95. The molecule has 0 atom stereocenters. The maximum Gasteiger partial charge on any atom is 0.129 e. The normalized spacial score (nSPS) is 10.1. The molecule has 2 aromatic rings. The zero-order valence-electron chi connectivity index (χ0n) is 10.2. The highest BCUT2D eigenvalue weighted by Gasteiger charge is 2.05. The molecule has 2 rings (SSSR count). The van der Waals surface area contributed by atoms with Crippen LogP contribution in [0.5, 0.6) is 0 Å². The van der Waals surface area contributed by atoms with E-state index in [0.717, 1.165) is 17.9 Å². The van der Waals surface area contributed by atoms with Gasteiger partial charge in [0.25, 0.3) is 0 Å². The topological polar surface area (TPSA) is 78.9 Å². The summed E-state index contributed by atoms with van der Waals surface area (Å²) in [6.07, 6.45) is 5.19. The minimum Gasteiger partial charge on any atom is -0.384 e. The van der Waals surface area contributed by atoms with Gasteiger partial charge in [0.2, 0.25) is 0 Å². The van der Waals surface area contributed by atoms with Crippen LogP contribution in [0, 0.1) is 5.41 Å². The Morgan fingerprint density at radius 3 is 2.67 bits per heavy atom. The van der Waals surface area contributed by atoms with Crippen LogP contribution in [0.4, 0.5) is 5.82 Å². The predicted octanol–water partition coefficient (Wildman–Crippen LogP) is 1.40. The summed E-state index contributed by atoms with van der Waals surface area (Å²) in [5, 5.41) is 7.42. The lowest BCUT2D eigenvalue weighted by Crippen LogP contribution is -2.19. The molecule has 0 saturated heterocycles. The maximum atomic E-state index is 7.42. The van der Waals surface area contributed by atoms with Crippen molar-refractivity contribution in [2.24, 2.45) is 5.73 Å². The number of hydrogen-bond donors (Lipinski definition) is 2. The van der Waals surface area contributed by atoms with E-state index < -0.39 is 0 Å². The van der Waals surface area contributed by atoms with Crippen LogP contribution in [0.3, 0.4) is 0 Å². The summed E-state index contributed by atoms with van der Waals surface area (Å²) in [5.41, 5.74) is 7.30. The number of hydrogen-bond acceptors (Lipinski definition) is 4. The SMILES string of the molecule is CN(Cc1ccncc1)c1cc(C(=N)N)ccn1. The largest absolute Gasteiger partial charge is 0.384 e. The smallest absolute Gasteiger partial charge is 0.129 e. The van der Waals surface area contributed by atoms with Gasteiger partial charge in [-0.2, -0.15) is 0 Å². The van der Waals surface area contributed by atoms with Gasteiger partial charge in [0.1, 0.15) is 11.7 Å². The molecule has 0 saturated carbocycles. The lowest BCUT2D eigenvalue weighted by molar-refractivity contribution is 0.895. The molecule has 2 aromatic heterocycles. The van der Waals surface area contributed by atoms with Gasteiger partial charge in [-0.15, -0.1) is 0 Å². The highest BCUT2D eigenvalue weighted by Crippen LogP contribution is 2.13. The molecule has 0 aliphatic rings. The molecule has 0 fully saturated rings. The molecule has 0 spiro atoms. The van der Waals surface area contributed by atoms with Crippen molar-refractivity contribution in [2.75, 3.05) is 11.9 Å². The number of aromatic nitrogens is 2. The number of rotatable bonds is 4. The summed E-state index contributed by atoms with van der Waals surface area (Å²) in [5.74, 6) is 0.843. The number of nitrogens with one attached hydrogen (secondary N) is 1. The molecule has 5 heteroatoms. The Labute approximate surface area is 106 Å². The van der Waals surface area contributed by atoms with Crippen molar-refractivity contribution in [3.05, 3.63) is 54.0 Å². The van der Waals surface area contributed by atoms with Gasteiger partial charge in [-0.25, -0.2) is 4.98 Å². The van der Waals surface area contributed by atoms with Crippen molar-refractivity contribution in [1.29, 1.82) is 5.41 Å². The zero-order chi connectivity index (χ0) is 13.0. The summed E-state index contributed by atoms with van der Waals surface area (Å²) in [6.45, 7) is 0.733. The van der Waals surface area contributed by atoms with E-state index in [4.69, 9.17) is 11.1 Å². The van der Waals surface area contributed by atoms with E-state index >= 15 is 0 Å². The standard InChI is InChI=1S/C13H15N5/c1-18(9-10-2-5-16-6-3-10)12-8-11(13(14)15)4-7-17-12/h2-8H,9H2,1H3,(H3,14,15). The molecule has 3 N–H and O–H groups in total. The summed E-state index contributed by atoms with van der Waals surface area (Å²) in [6, 6.07) is 7.46. The fourth-order valence-electron chi connectivity index (χ4n) is 1.64. The molecule has 0 bridgehead atoms. The number of amidine groups is 1. The second kappa shape index (κ2) is 5.27. The molecule has 5 nitrogen and oxygen atoms in total. The number of nitrogens with two attached hydrogens (primary N) is 1. The van der Waals surface area contributed by atoms with Crippen LogP contribution in [0.25, 0.3) is 0 Å². The molecular formula is C13H15N5. The van der Waals surface area contributed by atoms with Crippen molar-refractivity contribution in [1.82, 2.24) is 9.97 Å². The fraction of sp³-hybridized carbons (Fsp3) is 0.154. The Morgan fingerprint density at radius 1 is 1.28 bits per heavy atom. The van der Waals surface area contributed by atoms with E-state index in [9.17, 15) is 0 Å². The van der Waals surface area contributed by atoms with E-state index in [-0.39, 0.29) is 5.84 Å². The van der Waals surface area contributed by atoms with Gasteiger partial charge >= 0.3 is 0 Å². The predicted molar refractivity (Wildman–Crippen MR) is 71.6 cm³/mol. The molecule has 0 unspecified atom stereocenters. The molecular weight excluding hydrogens is 226 g/mol. The van der Waals surface area contributed by atoms with Crippen molar-refractivity contribution in [3.63, 3.8) is 0 Å². The van der Waals surface area contributed by atoms with Gasteiger partial charge in [-0.1, -0.05) is 0 Å². The van der Waals surface area contributed by atoms with Crippen LogP contribution < -0.4 is 10.6 Å². The zero-order valence-corrected chi connectivity index (χ0v) is 10.2. The first-order valence-electron chi connectivity index (χ1n) is 5.57. The first-order valence-corrected chi connectivity index (χ1v) is 5.57. The third-order valence-corrected chi connectivity index (χ3v) is 2.62. The van der Waals surface area contributed by atoms with E-state index in [1.807, 2.05) is 30.1 Å². The van der Waals surface area contributed by atoms with Crippen LogP contribution in [0.2, 0.25) is 0 Å². The minimum atomic E-state index is 0.0518. The van der Waals surface area contributed by atoms with Gasteiger partial charge in [0.05, 0.1) is 0 Å². The quantitative estimate of drug-likeness (QED) is 0.626. The Hall–Kier alpha value is -2.43. The fourth-order valence-corrected chi connectivity index (χ4v) is 1.64. The van der Waals surface area contributed by atoms with Crippen LogP contribution in [-0.2, 0) is 6.54 Å². The van der Waals surface area contributed by atoms with E-state index in [2.05, 4.69) is 9.97 Å². The monoisotopic (exact) mass is 241 g/mol. The summed E-state index contributed by atoms with van der Waals surface area (Å²) in [4.78, 5) is 10.3. The highest BCUT2D eigenvalue weighted by atomic mass is 15.2. The number of nitrogens with zero attached hydrogens (tertiary/aromatic N) is 3. The van der Waals surface area contributed by atoms with Gasteiger partial charge in [0, 0.05) is 37.7 Å². The third-order valence-electron chi connectivity index (χ3n) is 2.62. The van der Waals surface area contributed by atoms with Crippen LogP contribution in [0.15, 0.2) is 42.9 Å². The Balaban J connectivity index is 2.16. The average molecular weight is 241 g/mol. The first kappa shape index (κ1) is 12.0. The molecule has 0 aliphatic carbocycles. The van der Waals surface area contributed by atoms with Gasteiger partial charge < -0.3 is 10.6 Å². The molecule has 0 aliphatic heterocycles. The minimum absolute atomic E-state index is 0.0518. The summed E-state index contributed by atoms with van der Waals surface area (Å²) in [7, 11) is 1.95. The molecule has 18 heavy (non-hydrogen) atoms. The molecule has 92 valence electrons. The van der Waals surface area contributed by atoms with Crippen molar-refractivity contribution in [3.8, 4) is 0 Å². The van der Waals surface area contributed by atoms with Crippen molar-refractivity contribution >= 4 is 11.7 Å². The molecule has 0 radical (unpaired) electrons. The van der Waals surface area contributed by atoms with Gasteiger partial charge in [-0.05, 0) is 29.8 Å². The van der Waals surface area contributed by atoms with Gasteiger partial charge in [-0.3, -0.25) is 10.4 Å². The maximum absolute atomic E-state index is 7.42. The van der Waals surface area contributed by atoms with Crippen molar-refractivity contribution in [2.45, 2.75) is 6.54 Å². The summed E-state index contributed by atoms with van der Waals surface area (Å²) < 4.78 is 0. The Kier molecular flexibility index (Phi) is 3.52. The van der Waals surface area contributed by atoms with E-state index in [1.54, 1.807) is 24.7 Å². The Morgan fingerprint density at radius 2 is 2.00 bits per heavy atom. The first-order chi connectivity index (χ1) is 8.66. The molecule has 0 aromatic carbocycles. The third kappa shape index (κ3) is 2.82. The molecule has 0 amide bonds. The number of nitrogen functional groups attached to an aromatic ring is 1.